The first-order valence-electron chi connectivity index (χ1n) is 6.93. The molecule has 0 fully saturated rings. The van der Waals surface area contributed by atoms with Crippen LogP contribution in [0.1, 0.15) is 27.6 Å². The molecule has 3 rings (SSSR count). The Kier molecular flexibility index (Phi) is 4.56. The molecule has 1 aliphatic heterocycles. The third kappa shape index (κ3) is 3.55. The number of hydroxylamine groups is 1. The summed E-state index contributed by atoms with van der Waals surface area (Å²) in [5.74, 6) is -0.0856. The highest BCUT2D eigenvalue weighted by molar-refractivity contribution is 9.11. The molecule has 1 atom stereocenters. The molecule has 2 N–H and O–H groups in total. The number of amides is 1. The minimum Gasteiger partial charge on any atom is -0.348 e. The van der Waals surface area contributed by atoms with Gasteiger partial charge in [0, 0.05) is 12.1 Å². The van der Waals surface area contributed by atoms with Crippen LogP contribution in [-0.2, 0) is 11.4 Å². The van der Waals surface area contributed by atoms with Gasteiger partial charge in [0.05, 0.1) is 0 Å². The fraction of sp³-hybridized carbons (Fsp3) is 0.118. The quantitative estimate of drug-likeness (QED) is 0.823. The lowest BCUT2D eigenvalue weighted by atomic mass is 10.1. The molecule has 0 aliphatic carbocycles. The van der Waals surface area contributed by atoms with Crippen molar-refractivity contribution in [2.45, 2.75) is 12.6 Å². The molecule has 0 saturated carbocycles. The second-order valence-electron chi connectivity index (χ2n) is 4.95. The predicted molar refractivity (Wildman–Crippen MR) is 88.0 cm³/mol. The van der Waals surface area contributed by atoms with Gasteiger partial charge in [0.2, 0.25) is 0 Å². The maximum absolute atomic E-state index is 12.1. The van der Waals surface area contributed by atoms with Gasteiger partial charge in [-0.1, -0.05) is 42.5 Å². The van der Waals surface area contributed by atoms with E-state index in [2.05, 4.69) is 26.7 Å². The first-order valence-corrected chi connectivity index (χ1v) is 7.73. The zero-order valence-corrected chi connectivity index (χ0v) is 13.3. The molecular weight excluding hydrogens is 344 g/mol. The van der Waals surface area contributed by atoms with Crippen LogP contribution in [0.2, 0.25) is 0 Å². The van der Waals surface area contributed by atoms with Gasteiger partial charge in [-0.15, -0.1) is 0 Å². The average Bonchev–Trinajstić information content (AvgIpc) is 3.00. The number of hydrogen-bond donors (Lipinski definition) is 2. The van der Waals surface area contributed by atoms with Gasteiger partial charge in [-0.25, -0.2) is 0 Å². The van der Waals surface area contributed by atoms with Gasteiger partial charge in [0.25, 0.3) is 5.91 Å². The Morgan fingerprint density at radius 3 is 2.50 bits per heavy atom. The van der Waals surface area contributed by atoms with Crippen LogP contribution >= 0.6 is 15.9 Å². The lowest BCUT2D eigenvalue weighted by Gasteiger charge is -2.09. The molecule has 0 radical (unpaired) electrons. The van der Waals surface area contributed by atoms with E-state index < -0.39 is 0 Å². The van der Waals surface area contributed by atoms with Gasteiger partial charge in [-0.05, 0) is 45.3 Å². The van der Waals surface area contributed by atoms with Gasteiger partial charge in [0.1, 0.15) is 10.7 Å². The van der Waals surface area contributed by atoms with Crippen LogP contribution in [0.5, 0.6) is 0 Å². The summed E-state index contributed by atoms with van der Waals surface area (Å²) in [7, 11) is 0. The summed E-state index contributed by atoms with van der Waals surface area (Å²) in [5, 5.41) is 2.91. The summed E-state index contributed by atoms with van der Waals surface area (Å²) in [4.78, 5) is 17.5. The van der Waals surface area contributed by atoms with E-state index in [0.717, 1.165) is 15.7 Å². The van der Waals surface area contributed by atoms with Crippen molar-refractivity contribution in [2.75, 3.05) is 0 Å². The molecule has 0 unspecified atom stereocenters. The van der Waals surface area contributed by atoms with Gasteiger partial charge in [-0.2, -0.15) is 0 Å². The number of halogens is 1. The Hall–Kier alpha value is -2.11. The third-order valence-electron chi connectivity index (χ3n) is 3.38. The summed E-state index contributed by atoms with van der Waals surface area (Å²) in [6.07, 6.45) is 1.78. The van der Waals surface area contributed by atoms with Crippen molar-refractivity contribution in [2.24, 2.45) is 0 Å². The lowest BCUT2D eigenvalue weighted by Crippen LogP contribution is -2.22. The van der Waals surface area contributed by atoms with E-state index >= 15 is 0 Å². The largest absolute Gasteiger partial charge is 0.348 e. The van der Waals surface area contributed by atoms with Gasteiger partial charge >= 0.3 is 0 Å². The standard InChI is InChI=1S/C17H15BrN2O2/c18-16-10-15(22-20-16)13-6-8-14(9-7-13)17(21)19-11-12-4-2-1-3-5-12/h1-10,15,20H,11H2,(H,19,21)/t15-/m1/s1. The molecule has 112 valence electrons. The molecule has 5 heteroatoms. The van der Waals surface area contributed by atoms with Crippen LogP contribution in [0.4, 0.5) is 0 Å². The highest BCUT2D eigenvalue weighted by atomic mass is 79.9. The molecule has 0 spiro atoms. The smallest absolute Gasteiger partial charge is 0.251 e. The summed E-state index contributed by atoms with van der Waals surface area (Å²) >= 11 is 3.32. The Labute approximate surface area is 137 Å². The highest BCUT2D eigenvalue weighted by Gasteiger charge is 2.17. The zero-order chi connectivity index (χ0) is 15.4. The first-order chi connectivity index (χ1) is 10.7. The fourth-order valence-corrected chi connectivity index (χ4v) is 2.52. The first kappa shape index (κ1) is 14.8. The number of carbonyl (C=O) groups is 1. The van der Waals surface area contributed by atoms with E-state index in [4.69, 9.17) is 4.84 Å². The molecular formula is C17H15BrN2O2. The van der Waals surface area contributed by atoms with Crippen LogP contribution < -0.4 is 10.8 Å². The van der Waals surface area contributed by atoms with Crippen molar-refractivity contribution in [3.63, 3.8) is 0 Å². The van der Waals surface area contributed by atoms with Gasteiger partial charge in [-0.3, -0.25) is 15.1 Å². The van der Waals surface area contributed by atoms with E-state index in [0.29, 0.717) is 12.1 Å². The molecule has 0 aromatic heterocycles. The molecule has 1 aliphatic rings. The number of nitrogens with one attached hydrogen (secondary N) is 2. The summed E-state index contributed by atoms with van der Waals surface area (Å²) < 4.78 is 0.808. The third-order valence-corrected chi connectivity index (χ3v) is 3.80. The normalized spacial score (nSPS) is 16.8. The molecule has 4 nitrogen and oxygen atoms in total. The summed E-state index contributed by atoms with van der Waals surface area (Å²) in [5.41, 5.74) is 5.44. The van der Waals surface area contributed by atoms with Crippen molar-refractivity contribution in [1.82, 2.24) is 10.8 Å². The predicted octanol–water partition coefficient (Wildman–Crippen LogP) is 3.43. The minimum absolute atomic E-state index is 0.0856. The van der Waals surface area contributed by atoms with Crippen molar-refractivity contribution in [1.29, 1.82) is 0 Å². The Bertz CT molecular complexity index is 684. The van der Waals surface area contributed by atoms with E-state index in [1.165, 1.54) is 0 Å². The van der Waals surface area contributed by atoms with E-state index in [1.807, 2.05) is 48.5 Å². The Morgan fingerprint density at radius 1 is 1.14 bits per heavy atom. The van der Waals surface area contributed by atoms with Crippen molar-refractivity contribution in [3.05, 3.63) is 82.0 Å². The molecule has 22 heavy (non-hydrogen) atoms. The van der Waals surface area contributed by atoms with E-state index in [-0.39, 0.29) is 12.0 Å². The lowest BCUT2D eigenvalue weighted by molar-refractivity contribution is 0.0458. The number of carbonyl (C=O) groups excluding carboxylic acids is 1. The molecule has 1 heterocycles. The van der Waals surface area contributed by atoms with E-state index in [1.54, 1.807) is 12.1 Å². The minimum atomic E-state index is -0.143. The maximum atomic E-state index is 12.1. The van der Waals surface area contributed by atoms with Gasteiger partial charge < -0.3 is 5.32 Å². The van der Waals surface area contributed by atoms with Gasteiger partial charge in [0.15, 0.2) is 0 Å². The van der Waals surface area contributed by atoms with Crippen LogP contribution in [0, 0.1) is 0 Å². The van der Waals surface area contributed by atoms with E-state index in [9.17, 15) is 4.79 Å². The second kappa shape index (κ2) is 6.77. The van der Waals surface area contributed by atoms with Crippen molar-refractivity contribution < 1.29 is 9.63 Å². The monoisotopic (exact) mass is 358 g/mol. The summed E-state index contributed by atoms with van der Waals surface area (Å²) in [6, 6.07) is 17.2. The van der Waals surface area contributed by atoms with Crippen LogP contribution in [0.25, 0.3) is 0 Å². The van der Waals surface area contributed by atoms with Crippen LogP contribution in [0.15, 0.2) is 65.3 Å². The Balaban J connectivity index is 1.61. The van der Waals surface area contributed by atoms with Crippen LogP contribution in [0.3, 0.4) is 0 Å². The summed E-state index contributed by atoms with van der Waals surface area (Å²) in [6.45, 7) is 0.521. The number of rotatable bonds is 4. The molecule has 2 aromatic carbocycles. The SMILES string of the molecule is O=C(NCc1ccccc1)c1ccc([C@H]2C=C(Br)NO2)cc1. The fourth-order valence-electron chi connectivity index (χ4n) is 2.19. The van der Waals surface area contributed by atoms with Crippen molar-refractivity contribution in [3.8, 4) is 0 Å². The highest BCUT2D eigenvalue weighted by Crippen LogP contribution is 2.26. The Morgan fingerprint density at radius 2 is 1.86 bits per heavy atom. The molecule has 0 bridgehead atoms. The average molecular weight is 359 g/mol. The molecule has 2 aromatic rings. The number of benzene rings is 2. The molecule has 1 amide bonds. The number of hydrogen-bond acceptors (Lipinski definition) is 3. The second-order valence-corrected chi connectivity index (χ2v) is 5.80. The van der Waals surface area contributed by atoms with Crippen LogP contribution in [-0.4, -0.2) is 5.91 Å². The zero-order valence-electron chi connectivity index (χ0n) is 11.8. The topological polar surface area (TPSA) is 50.4 Å². The van der Waals surface area contributed by atoms with Crippen molar-refractivity contribution >= 4 is 21.8 Å². The molecule has 0 saturated heterocycles. The maximum Gasteiger partial charge on any atom is 0.251 e.